The van der Waals surface area contributed by atoms with E-state index in [9.17, 15) is 0 Å². The van der Waals surface area contributed by atoms with Gasteiger partial charge in [0.25, 0.3) is 0 Å². The summed E-state index contributed by atoms with van der Waals surface area (Å²) in [5.41, 5.74) is 4.68. The van der Waals surface area contributed by atoms with Crippen molar-refractivity contribution in [2.75, 3.05) is 0 Å². The van der Waals surface area contributed by atoms with E-state index in [2.05, 4.69) is 174 Å². The first kappa shape index (κ1) is 33.6. The van der Waals surface area contributed by atoms with Gasteiger partial charge in [-0.15, -0.1) is 0 Å². The standard InChI is InChI=1S/C41H52O2SSi/c1-38(2,3)28-23-24-34-32(25-28)37(41(10,11)12)43-45(30-19-15-13-16-20-30,31-21-17-14-18-22-31)42-36-33(40(7,8)9)26-29(39(4,5)6)27-35(36)44-34/h13-27,37H,1-12H3. The summed E-state index contributed by atoms with van der Waals surface area (Å²) in [6.07, 6.45) is -0.219. The van der Waals surface area contributed by atoms with Crippen molar-refractivity contribution in [3.63, 3.8) is 0 Å². The highest BCUT2D eigenvalue weighted by Crippen LogP contribution is 2.51. The van der Waals surface area contributed by atoms with Crippen molar-refractivity contribution in [2.45, 2.75) is 115 Å². The van der Waals surface area contributed by atoms with Crippen LogP contribution in [-0.2, 0) is 20.7 Å². The fourth-order valence-corrected chi connectivity index (χ4v) is 10.6. The highest BCUT2D eigenvalue weighted by atomic mass is 32.2. The van der Waals surface area contributed by atoms with Gasteiger partial charge in [-0.1, -0.05) is 174 Å². The molecule has 45 heavy (non-hydrogen) atoms. The monoisotopic (exact) mass is 636 g/mol. The zero-order chi connectivity index (χ0) is 33.0. The fraction of sp³-hybridized carbons (Fsp3) is 0.415. The lowest BCUT2D eigenvalue weighted by atomic mass is 9.80. The van der Waals surface area contributed by atoms with Gasteiger partial charge in [0.15, 0.2) is 0 Å². The Morgan fingerprint density at radius 2 is 1.09 bits per heavy atom. The summed E-state index contributed by atoms with van der Waals surface area (Å²) in [5.74, 6) is 0.945. The van der Waals surface area contributed by atoms with Gasteiger partial charge in [-0.25, -0.2) is 0 Å². The normalized spacial score (nSPS) is 17.3. The first-order valence-electron chi connectivity index (χ1n) is 16.3. The zero-order valence-corrected chi connectivity index (χ0v) is 31.3. The molecule has 0 aliphatic carbocycles. The van der Waals surface area contributed by atoms with Crippen LogP contribution in [0.5, 0.6) is 5.75 Å². The van der Waals surface area contributed by atoms with Crippen molar-refractivity contribution in [2.24, 2.45) is 5.41 Å². The minimum atomic E-state index is -3.39. The van der Waals surface area contributed by atoms with Crippen LogP contribution in [0.2, 0.25) is 0 Å². The summed E-state index contributed by atoms with van der Waals surface area (Å²) in [5, 5.41) is 2.22. The molecule has 1 aliphatic heterocycles. The van der Waals surface area contributed by atoms with Crippen molar-refractivity contribution >= 4 is 30.7 Å². The topological polar surface area (TPSA) is 18.5 Å². The maximum atomic E-state index is 7.82. The molecule has 0 saturated carbocycles. The zero-order valence-electron chi connectivity index (χ0n) is 29.5. The molecule has 0 spiro atoms. The van der Waals surface area contributed by atoms with Crippen molar-refractivity contribution in [1.82, 2.24) is 0 Å². The fourth-order valence-electron chi connectivity index (χ4n) is 5.98. The van der Waals surface area contributed by atoms with E-state index >= 15 is 0 Å². The molecule has 1 unspecified atom stereocenters. The van der Waals surface area contributed by atoms with Crippen LogP contribution in [0.4, 0.5) is 0 Å². The average molecular weight is 637 g/mol. The summed E-state index contributed by atoms with van der Waals surface area (Å²) < 4.78 is 15.6. The Morgan fingerprint density at radius 1 is 0.556 bits per heavy atom. The summed E-state index contributed by atoms with van der Waals surface area (Å²) in [6.45, 7) is 27.6. The van der Waals surface area contributed by atoms with E-state index < -0.39 is 8.56 Å². The van der Waals surface area contributed by atoms with Gasteiger partial charge in [0.1, 0.15) is 5.75 Å². The number of rotatable bonds is 2. The maximum Gasteiger partial charge on any atom is 0.469 e. The summed E-state index contributed by atoms with van der Waals surface area (Å²) >= 11 is 1.84. The Morgan fingerprint density at radius 3 is 1.56 bits per heavy atom. The molecule has 0 aromatic heterocycles. The lowest BCUT2D eigenvalue weighted by Gasteiger charge is -2.41. The Hall–Kier alpha value is -2.79. The van der Waals surface area contributed by atoms with E-state index in [1.54, 1.807) is 0 Å². The minimum absolute atomic E-state index is 0.00114. The van der Waals surface area contributed by atoms with E-state index in [1.165, 1.54) is 27.1 Å². The van der Waals surface area contributed by atoms with Crippen LogP contribution in [0.25, 0.3) is 0 Å². The molecular formula is C41H52O2SSi. The van der Waals surface area contributed by atoms with Gasteiger partial charge in [0.2, 0.25) is 0 Å². The third-order valence-electron chi connectivity index (χ3n) is 8.73. The third kappa shape index (κ3) is 6.84. The van der Waals surface area contributed by atoms with Crippen molar-refractivity contribution in [3.8, 4) is 5.75 Å². The second-order valence-corrected chi connectivity index (χ2v) is 20.7. The molecule has 1 atom stereocenters. The van der Waals surface area contributed by atoms with Gasteiger partial charge in [-0.05, 0) is 56.0 Å². The van der Waals surface area contributed by atoms with Gasteiger partial charge in [0.05, 0.1) is 11.0 Å². The molecule has 0 bridgehead atoms. The van der Waals surface area contributed by atoms with Crippen LogP contribution < -0.4 is 14.8 Å². The Kier molecular flexibility index (Phi) is 8.79. The molecule has 0 N–H and O–H groups in total. The van der Waals surface area contributed by atoms with Crippen LogP contribution in [0.15, 0.2) is 101 Å². The molecule has 0 fully saturated rings. The molecule has 2 nitrogen and oxygen atoms in total. The first-order valence-corrected chi connectivity index (χ1v) is 18.9. The maximum absolute atomic E-state index is 7.82. The third-order valence-corrected chi connectivity index (χ3v) is 13.1. The van der Waals surface area contributed by atoms with Gasteiger partial charge in [-0.2, -0.15) is 0 Å². The molecule has 0 amide bonds. The van der Waals surface area contributed by atoms with Gasteiger partial charge in [-0.3, -0.25) is 0 Å². The van der Waals surface area contributed by atoms with E-state index in [0.717, 1.165) is 21.0 Å². The number of fused-ring (bicyclic) bond motifs is 2. The minimum Gasteiger partial charge on any atom is -0.513 e. The largest absolute Gasteiger partial charge is 0.513 e. The molecule has 1 heterocycles. The van der Waals surface area contributed by atoms with E-state index in [4.69, 9.17) is 8.85 Å². The van der Waals surface area contributed by atoms with Crippen LogP contribution in [-0.4, -0.2) is 8.56 Å². The van der Waals surface area contributed by atoms with Gasteiger partial charge in [0, 0.05) is 15.3 Å². The summed E-state index contributed by atoms with van der Waals surface area (Å²) in [6, 6.07) is 33.3. The molecule has 4 aromatic carbocycles. The quantitative estimate of drug-likeness (QED) is 0.204. The summed E-state index contributed by atoms with van der Waals surface area (Å²) in [7, 11) is -3.39. The smallest absolute Gasteiger partial charge is 0.469 e. The molecule has 4 aromatic rings. The van der Waals surface area contributed by atoms with E-state index in [0.29, 0.717) is 0 Å². The second kappa shape index (κ2) is 11.8. The lowest BCUT2D eigenvalue weighted by molar-refractivity contribution is 0.0627. The van der Waals surface area contributed by atoms with Gasteiger partial charge < -0.3 is 8.85 Å². The van der Waals surface area contributed by atoms with E-state index in [1.807, 2.05) is 11.8 Å². The Balaban J connectivity index is 1.97. The van der Waals surface area contributed by atoms with Crippen LogP contribution in [0, 0.1) is 5.41 Å². The summed E-state index contributed by atoms with van der Waals surface area (Å²) in [4.78, 5) is 2.38. The number of hydrogen-bond donors (Lipinski definition) is 0. The van der Waals surface area contributed by atoms with Crippen molar-refractivity contribution in [3.05, 3.63) is 113 Å². The first-order chi connectivity index (χ1) is 20.8. The molecule has 238 valence electrons. The second-order valence-electron chi connectivity index (χ2n) is 16.8. The highest BCUT2D eigenvalue weighted by Gasteiger charge is 2.51. The molecule has 5 rings (SSSR count). The molecule has 1 aliphatic rings. The SMILES string of the molecule is CC(C)(C)c1ccc2c(c1)C(C(C)(C)C)O[Si](c1ccccc1)(c1ccccc1)Oc1c(cc(C(C)(C)C)cc1C(C)(C)C)S2. The Bertz CT molecular complexity index is 1610. The predicted molar refractivity (Wildman–Crippen MR) is 195 cm³/mol. The van der Waals surface area contributed by atoms with Crippen LogP contribution >= 0.6 is 11.8 Å². The average Bonchev–Trinajstić information content (AvgIpc) is 3.01. The number of benzene rings is 4. The Labute approximate surface area is 278 Å². The molecule has 0 radical (unpaired) electrons. The molecule has 0 saturated heterocycles. The van der Waals surface area contributed by atoms with Crippen molar-refractivity contribution < 1.29 is 8.85 Å². The highest BCUT2D eigenvalue weighted by molar-refractivity contribution is 7.99. The lowest BCUT2D eigenvalue weighted by Crippen LogP contribution is -2.67. The van der Waals surface area contributed by atoms with Gasteiger partial charge >= 0.3 is 8.56 Å². The molecule has 4 heteroatoms. The van der Waals surface area contributed by atoms with Crippen LogP contribution in [0.1, 0.15) is 111 Å². The number of hydrogen-bond acceptors (Lipinski definition) is 3. The van der Waals surface area contributed by atoms with Crippen molar-refractivity contribution in [1.29, 1.82) is 0 Å². The van der Waals surface area contributed by atoms with E-state index in [-0.39, 0.29) is 27.8 Å². The van der Waals surface area contributed by atoms with Crippen LogP contribution in [0.3, 0.4) is 0 Å². The molecular weight excluding hydrogens is 585 g/mol. The predicted octanol–water partition coefficient (Wildman–Crippen LogP) is 10.5.